The van der Waals surface area contributed by atoms with Crippen molar-refractivity contribution in [1.29, 1.82) is 0 Å². The SMILES string of the molecule is [C-]#[N+]C(C)(O[Si](C)(C)C)c1ccccc1. The fraction of sp³-hybridized carbons (Fsp3) is 0.417. The van der Waals surface area contributed by atoms with Gasteiger partial charge >= 0.3 is 5.72 Å². The number of hydrogen-bond donors (Lipinski definition) is 0. The van der Waals surface area contributed by atoms with E-state index in [0.29, 0.717) is 0 Å². The van der Waals surface area contributed by atoms with Crippen LogP contribution < -0.4 is 0 Å². The van der Waals surface area contributed by atoms with E-state index in [4.69, 9.17) is 11.0 Å². The smallest absolute Gasteiger partial charge is 0.347 e. The Balaban J connectivity index is 3.03. The summed E-state index contributed by atoms with van der Waals surface area (Å²) >= 11 is 0. The molecule has 1 atom stereocenters. The Kier molecular flexibility index (Phi) is 3.33. The first-order chi connectivity index (χ1) is 6.87. The van der Waals surface area contributed by atoms with Crippen LogP contribution in [0.15, 0.2) is 30.3 Å². The predicted molar refractivity (Wildman–Crippen MR) is 64.8 cm³/mol. The molecule has 0 heterocycles. The molecule has 1 aromatic carbocycles. The minimum absolute atomic E-state index is 0.828. The van der Waals surface area contributed by atoms with Crippen molar-refractivity contribution in [3.8, 4) is 0 Å². The Morgan fingerprint density at radius 3 is 2.13 bits per heavy atom. The predicted octanol–water partition coefficient (Wildman–Crippen LogP) is 3.63. The molecule has 0 radical (unpaired) electrons. The Morgan fingerprint density at radius 2 is 1.73 bits per heavy atom. The van der Waals surface area contributed by atoms with E-state index < -0.39 is 14.0 Å². The summed E-state index contributed by atoms with van der Waals surface area (Å²) in [5.41, 5.74) is 0.105. The summed E-state index contributed by atoms with van der Waals surface area (Å²) in [6, 6.07) is 9.71. The second-order valence-corrected chi connectivity index (χ2v) is 9.10. The fourth-order valence-corrected chi connectivity index (χ4v) is 2.85. The molecular formula is C12H17NOSi. The maximum Gasteiger partial charge on any atom is 0.352 e. The summed E-state index contributed by atoms with van der Waals surface area (Å²) in [5, 5.41) is 0. The van der Waals surface area contributed by atoms with Gasteiger partial charge in [0.1, 0.15) is 0 Å². The molecule has 3 heteroatoms. The summed E-state index contributed by atoms with van der Waals surface area (Å²) in [5.74, 6) is 0. The van der Waals surface area contributed by atoms with Crippen LogP contribution >= 0.6 is 0 Å². The van der Waals surface area contributed by atoms with Crippen molar-refractivity contribution < 1.29 is 4.43 Å². The van der Waals surface area contributed by atoms with Crippen LogP contribution in [0.4, 0.5) is 0 Å². The Labute approximate surface area is 92.8 Å². The molecule has 0 saturated heterocycles. The second kappa shape index (κ2) is 4.17. The monoisotopic (exact) mass is 219 g/mol. The zero-order chi connectivity index (χ0) is 11.5. The molecule has 0 aliphatic heterocycles. The van der Waals surface area contributed by atoms with E-state index in [9.17, 15) is 0 Å². The molecule has 0 fully saturated rings. The van der Waals surface area contributed by atoms with Crippen molar-refractivity contribution >= 4 is 8.32 Å². The van der Waals surface area contributed by atoms with Gasteiger partial charge in [-0.1, -0.05) is 18.2 Å². The van der Waals surface area contributed by atoms with Crippen molar-refractivity contribution in [3.05, 3.63) is 47.3 Å². The fourth-order valence-electron chi connectivity index (χ4n) is 1.49. The van der Waals surface area contributed by atoms with Crippen molar-refractivity contribution in [2.75, 3.05) is 0 Å². The number of nitrogens with zero attached hydrogens (tertiary/aromatic N) is 1. The van der Waals surface area contributed by atoms with Gasteiger partial charge in [-0.3, -0.25) is 4.85 Å². The number of hydrogen-bond acceptors (Lipinski definition) is 1. The first kappa shape index (κ1) is 12.0. The van der Waals surface area contributed by atoms with Crippen LogP contribution in [-0.2, 0) is 10.2 Å². The first-order valence-corrected chi connectivity index (χ1v) is 8.42. The summed E-state index contributed by atoms with van der Waals surface area (Å²) in [6.45, 7) is 15.4. The van der Waals surface area contributed by atoms with E-state index in [0.717, 1.165) is 5.56 Å². The lowest BCUT2D eigenvalue weighted by Crippen LogP contribution is -2.36. The summed E-state index contributed by atoms with van der Waals surface area (Å²) in [4.78, 5) is 3.64. The Bertz CT molecular complexity index is 363. The van der Waals surface area contributed by atoms with Gasteiger partial charge in [-0.2, -0.15) is 0 Å². The van der Waals surface area contributed by atoms with Gasteiger partial charge in [-0.15, -0.1) is 0 Å². The summed E-state index contributed by atoms with van der Waals surface area (Å²) in [6.07, 6.45) is 0. The molecule has 0 aliphatic rings. The van der Waals surface area contributed by atoms with Gasteiger partial charge in [0.2, 0.25) is 0 Å². The van der Waals surface area contributed by atoms with Gasteiger partial charge in [0, 0.05) is 6.92 Å². The van der Waals surface area contributed by atoms with Gasteiger partial charge < -0.3 is 4.43 Å². The molecule has 0 amide bonds. The lowest BCUT2D eigenvalue weighted by atomic mass is 10.1. The highest BCUT2D eigenvalue weighted by molar-refractivity contribution is 6.69. The standard InChI is InChI=1S/C12H17NOSi/c1-12(13-2,14-15(3,4)5)11-9-7-6-8-10-11/h6-10H,1,3-5H3. The largest absolute Gasteiger partial charge is 0.352 e. The quantitative estimate of drug-likeness (QED) is 0.559. The van der Waals surface area contributed by atoms with Gasteiger partial charge in [-0.05, 0) is 31.8 Å². The van der Waals surface area contributed by atoms with Crippen LogP contribution in [0.1, 0.15) is 12.5 Å². The van der Waals surface area contributed by atoms with Crippen molar-refractivity contribution in [2.45, 2.75) is 32.3 Å². The molecule has 0 aliphatic carbocycles. The minimum atomic E-state index is -1.71. The van der Waals surface area contributed by atoms with E-state index in [1.165, 1.54) is 0 Å². The maximum absolute atomic E-state index is 7.30. The third kappa shape index (κ3) is 3.19. The van der Waals surface area contributed by atoms with Crippen LogP contribution in [-0.4, -0.2) is 8.32 Å². The van der Waals surface area contributed by atoms with Gasteiger partial charge in [0.25, 0.3) is 0 Å². The van der Waals surface area contributed by atoms with Gasteiger partial charge in [0.05, 0.1) is 5.56 Å². The molecule has 15 heavy (non-hydrogen) atoms. The molecule has 0 bridgehead atoms. The van der Waals surface area contributed by atoms with Crippen molar-refractivity contribution in [3.63, 3.8) is 0 Å². The van der Waals surface area contributed by atoms with Crippen LogP contribution in [0.3, 0.4) is 0 Å². The van der Waals surface area contributed by atoms with Crippen LogP contribution in [0, 0.1) is 6.57 Å². The Morgan fingerprint density at radius 1 is 1.20 bits per heavy atom. The molecule has 0 saturated carbocycles. The molecule has 1 aromatic rings. The zero-order valence-electron chi connectivity index (χ0n) is 9.74. The number of benzene rings is 1. The first-order valence-electron chi connectivity index (χ1n) is 5.02. The molecule has 80 valence electrons. The average Bonchev–Trinajstić information content (AvgIpc) is 2.16. The van der Waals surface area contributed by atoms with Crippen LogP contribution in [0.5, 0.6) is 0 Å². The van der Waals surface area contributed by atoms with Crippen LogP contribution in [0.25, 0.3) is 4.85 Å². The second-order valence-electron chi connectivity index (χ2n) is 4.68. The molecule has 1 unspecified atom stereocenters. The highest BCUT2D eigenvalue weighted by Crippen LogP contribution is 2.30. The average molecular weight is 219 g/mol. The molecule has 2 nitrogen and oxygen atoms in total. The van der Waals surface area contributed by atoms with E-state index in [1.807, 2.05) is 37.3 Å². The van der Waals surface area contributed by atoms with Gasteiger partial charge in [0.15, 0.2) is 8.32 Å². The third-order valence-electron chi connectivity index (χ3n) is 2.03. The molecule has 1 rings (SSSR count). The van der Waals surface area contributed by atoms with Crippen molar-refractivity contribution in [1.82, 2.24) is 0 Å². The van der Waals surface area contributed by atoms with Crippen molar-refractivity contribution in [2.24, 2.45) is 0 Å². The molecular weight excluding hydrogens is 202 g/mol. The minimum Gasteiger partial charge on any atom is -0.347 e. The summed E-state index contributed by atoms with van der Waals surface area (Å²) < 4.78 is 5.95. The highest BCUT2D eigenvalue weighted by atomic mass is 28.4. The third-order valence-corrected chi connectivity index (χ3v) is 3.04. The number of rotatable bonds is 3. The maximum atomic E-state index is 7.30. The Hall–Kier alpha value is -1.11. The lowest BCUT2D eigenvalue weighted by molar-refractivity contribution is 0.130. The van der Waals surface area contributed by atoms with E-state index in [1.54, 1.807) is 0 Å². The zero-order valence-corrected chi connectivity index (χ0v) is 10.7. The van der Waals surface area contributed by atoms with E-state index in [-0.39, 0.29) is 0 Å². The molecule has 0 N–H and O–H groups in total. The molecule has 0 spiro atoms. The van der Waals surface area contributed by atoms with Gasteiger partial charge in [-0.25, -0.2) is 6.57 Å². The van der Waals surface area contributed by atoms with E-state index >= 15 is 0 Å². The lowest BCUT2D eigenvalue weighted by Gasteiger charge is -2.26. The normalized spacial score (nSPS) is 15.4. The topological polar surface area (TPSA) is 13.6 Å². The van der Waals surface area contributed by atoms with Crippen LogP contribution in [0.2, 0.25) is 19.6 Å². The highest BCUT2D eigenvalue weighted by Gasteiger charge is 2.38. The van der Waals surface area contributed by atoms with E-state index in [2.05, 4.69) is 24.5 Å². The molecule has 0 aromatic heterocycles. The summed E-state index contributed by atoms with van der Waals surface area (Å²) in [7, 11) is -1.71.